The average molecular weight is 283 g/mol. The average Bonchev–Trinajstić information content (AvgIpc) is 2.55. The number of fused-ring (bicyclic) bond motifs is 1. The van der Waals surface area contributed by atoms with Gasteiger partial charge in [0.2, 0.25) is 6.10 Å². The van der Waals surface area contributed by atoms with E-state index in [1.54, 1.807) is 30.6 Å². The number of amides is 1. The highest BCUT2D eigenvalue weighted by Crippen LogP contribution is 2.30. The molecule has 6 heteroatoms. The third kappa shape index (κ3) is 3.17. The SMILES string of the molecule is O=C(N/N=C\c1cccnc1)[C@@H]1COc2ccccc2O1. The number of pyridine rings is 1. The fourth-order valence-corrected chi connectivity index (χ4v) is 1.84. The lowest BCUT2D eigenvalue weighted by molar-refractivity contribution is -0.130. The van der Waals surface area contributed by atoms with Gasteiger partial charge in [0, 0.05) is 18.0 Å². The number of benzene rings is 1. The van der Waals surface area contributed by atoms with Gasteiger partial charge in [-0.15, -0.1) is 0 Å². The molecule has 1 amide bonds. The van der Waals surface area contributed by atoms with Crippen LogP contribution in [0, 0.1) is 0 Å². The molecule has 3 rings (SSSR count). The van der Waals surface area contributed by atoms with Gasteiger partial charge in [0.05, 0.1) is 6.21 Å². The lowest BCUT2D eigenvalue weighted by Crippen LogP contribution is -2.42. The molecular formula is C15H13N3O3. The molecule has 1 aliphatic heterocycles. The van der Waals surface area contributed by atoms with Crippen molar-refractivity contribution in [2.45, 2.75) is 6.10 Å². The van der Waals surface area contributed by atoms with Crippen molar-refractivity contribution in [2.24, 2.45) is 5.10 Å². The summed E-state index contributed by atoms with van der Waals surface area (Å²) in [6.45, 7) is 0.158. The van der Waals surface area contributed by atoms with E-state index < -0.39 is 6.10 Å². The van der Waals surface area contributed by atoms with Gasteiger partial charge in [-0.1, -0.05) is 18.2 Å². The number of hydrogen-bond acceptors (Lipinski definition) is 5. The van der Waals surface area contributed by atoms with E-state index in [0.29, 0.717) is 11.5 Å². The van der Waals surface area contributed by atoms with E-state index in [0.717, 1.165) is 5.56 Å². The molecule has 1 aromatic heterocycles. The van der Waals surface area contributed by atoms with Gasteiger partial charge in [-0.25, -0.2) is 5.43 Å². The second-order valence-corrected chi connectivity index (χ2v) is 4.38. The molecule has 1 atom stereocenters. The Labute approximate surface area is 121 Å². The summed E-state index contributed by atoms with van der Waals surface area (Å²) in [5.74, 6) is 0.838. The van der Waals surface area contributed by atoms with E-state index in [-0.39, 0.29) is 12.5 Å². The summed E-state index contributed by atoms with van der Waals surface area (Å²) in [6, 6.07) is 10.8. The van der Waals surface area contributed by atoms with E-state index in [4.69, 9.17) is 9.47 Å². The van der Waals surface area contributed by atoms with Crippen LogP contribution in [0.3, 0.4) is 0 Å². The Morgan fingerprint density at radius 3 is 2.95 bits per heavy atom. The van der Waals surface area contributed by atoms with Crippen molar-refractivity contribution in [3.8, 4) is 11.5 Å². The van der Waals surface area contributed by atoms with Crippen molar-refractivity contribution in [1.29, 1.82) is 0 Å². The van der Waals surface area contributed by atoms with Crippen LogP contribution < -0.4 is 14.9 Å². The highest BCUT2D eigenvalue weighted by molar-refractivity contribution is 5.84. The lowest BCUT2D eigenvalue weighted by Gasteiger charge is -2.24. The number of carbonyl (C=O) groups is 1. The second-order valence-electron chi connectivity index (χ2n) is 4.38. The van der Waals surface area contributed by atoms with Crippen LogP contribution in [0.4, 0.5) is 0 Å². The van der Waals surface area contributed by atoms with Gasteiger partial charge in [0.1, 0.15) is 6.61 Å². The Bertz CT molecular complexity index is 658. The zero-order chi connectivity index (χ0) is 14.5. The smallest absolute Gasteiger partial charge is 0.284 e. The predicted molar refractivity (Wildman–Crippen MR) is 76.3 cm³/mol. The topological polar surface area (TPSA) is 72.8 Å². The van der Waals surface area contributed by atoms with Crippen LogP contribution in [-0.4, -0.2) is 29.8 Å². The minimum atomic E-state index is -0.717. The monoisotopic (exact) mass is 283 g/mol. The summed E-state index contributed by atoms with van der Waals surface area (Å²) in [6.07, 6.45) is 4.11. The van der Waals surface area contributed by atoms with Crippen LogP contribution in [0.15, 0.2) is 53.9 Å². The van der Waals surface area contributed by atoms with Crippen molar-refractivity contribution in [1.82, 2.24) is 10.4 Å². The minimum Gasteiger partial charge on any atom is -0.485 e. The third-order valence-electron chi connectivity index (χ3n) is 2.87. The normalized spacial score (nSPS) is 16.7. The molecule has 0 unspecified atom stereocenters. The first-order chi connectivity index (χ1) is 10.3. The third-order valence-corrected chi connectivity index (χ3v) is 2.87. The maximum atomic E-state index is 12.0. The predicted octanol–water partition coefficient (Wildman–Crippen LogP) is 1.37. The number of ether oxygens (including phenoxy) is 2. The lowest BCUT2D eigenvalue weighted by atomic mass is 10.2. The van der Waals surface area contributed by atoms with Crippen LogP contribution in [-0.2, 0) is 4.79 Å². The van der Waals surface area contributed by atoms with Crippen LogP contribution in [0.1, 0.15) is 5.56 Å². The number of para-hydroxylation sites is 2. The van der Waals surface area contributed by atoms with Crippen LogP contribution >= 0.6 is 0 Å². The number of hydrogen-bond donors (Lipinski definition) is 1. The minimum absolute atomic E-state index is 0.158. The van der Waals surface area contributed by atoms with Crippen molar-refractivity contribution in [2.75, 3.05) is 6.61 Å². The zero-order valence-corrected chi connectivity index (χ0v) is 11.1. The van der Waals surface area contributed by atoms with Gasteiger partial charge >= 0.3 is 0 Å². The van der Waals surface area contributed by atoms with Crippen LogP contribution in [0.2, 0.25) is 0 Å². The van der Waals surface area contributed by atoms with Crippen molar-refractivity contribution < 1.29 is 14.3 Å². The van der Waals surface area contributed by atoms with Gasteiger partial charge in [-0.3, -0.25) is 9.78 Å². The summed E-state index contributed by atoms with van der Waals surface area (Å²) in [4.78, 5) is 15.9. The number of rotatable bonds is 3. The van der Waals surface area contributed by atoms with Gasteiger partial charge in [-0.2, -0.15) is 5.10 Å². The van der Waals surface area contributed by atoms with Crippen molar-refractivity contribution in [3.63, 3.8) is 0 Å². The molecule has 0 fully saturated rings. The molecule has 0 saturated heterocycles. The fraction of sp³-hybridized carbons (Fsp3) is 0.133. The molecule has 0 radical (unpaired) electrons. The standard InChI is InChI=1S/C15H13N3O3/c19-15(18-17-9-11-4-3-7-16-8-11)14-10-20-12-5-1-2-6-13(12)21-14/h1-9,14H,10H2,(H,18,19)/b17-9-/t14-/m0/s1. The molecule has 6 nitrogen and oxygen atoms in total. The number of nitrogens with zero attached hydrogens (tertiary/aromatic N) is 2. The highest BCUT2D eigenvalue weighted by atomic mass is 16.6. The Kier molecular flexibility index (Phi) is 3.77. The number of hydrazone groups is 1. The molecule has 0 aliphatic carbocycles. The second kappa shape index (κ2) is 6.04. The first kappa shape index (κ1) is 13.1. The van der Waals surface area contributed by atoms with Crippen LogP contribution in [0.25, 0.3) is 0 Å². The first-order valence-electron chi connectivity index (χ1n) is 6.44. The molecule has 0 bridgehead atoms. The maximum Gasteiger partial charge on any atom is 0.284 e. The Balaban J connectivity index is 1.59. The molecule has 1 N–H and O–H groups in total. The number of aromatic nitrogens is 1. The first-order valence-corrected chi connectivity index (χ1v) is 6.44. The van der Waals surface area contributed by atoms with Gasteiger partial charge in [-0.05, 0) is 18.2 Å². The molecule has 1 aliphatic rings. The van der Waals surface area contributed by atoms with E-state index in [1.165, 1.54) is 6.21 Å². The van der Waals surface area contributed by atoms with Crippen LogP contribution in [0.5, 0.6) is 11.5 Å². The van der Waals surface area contributed by atoms with E-state index >= 15 is 0 Å². The van der Waals surface area contributed by atoms with Gasteiger partial charge < -0.3 is 9.47 Å². The largest absolute Gasteiger partial charge is 0.485 e. The molecule has 2 aromatic rings. The summed E-state index contributed by atoms with van der Waals surface area (Å²) < 4.78 is 11.0. The molecular weight excluding hydrogens is 270 g/mol. The molecule has 0 spiro atoms. The number of nitrogens with one attached hydrogen (secondary N) is 1. The Morgan fingerprint density at radius 2 is 2.14 bits per heavy atom. The van der Waals surface area contributed by atoms with Gasteiger partial charge in [0.15, 0.2) is 11.5 Å². The Hall–Kier alpha value is -2.89. The van der Waals surface area contributed by atoms with Gasteiger partial charge in [0.25, 0.3) is 5.91 Å². The van der Waals surface area contributed by atoms with E-state index in [2.05, 4.69) is 15.5 Å². The maximum absolute atomic E-state index is 12.0. The fourth-order valence-electron chi connectivity index (χ4n) is 1.84. The highest BCUT2D eigenvalue weighted by Gasteiger charge is 2.26. The van der Waals surface area contributed by atoms with E-state index in [1.807, 2.05) is 18.2 Å². The summed E-state index contributed by atoms with van der Waals surface area (Å²) >= 11 is 0. The van der Waals surface area contributed by atoms with Crippen molar-refractivity contribution >= 4 is 12.1 Å². The zero-order valence-electron chi connectivity index (χ0n) is 11.1. The molecule has 21 heavy (non-hydrogen) atoms. The Morgan fingerprint density at radius 1 is 1.29 bits per heavy atom. The molecule has 1 aromatic carbocycles. The summed E-state index contributed by atoms with van der Waals surface area (Å²) in [7, 11) is 0. The molecule has 106 valence electrons. The summed E-state index contributed by atoms with van der Waals surface area (Å²) in [5.41, 5.74) is 3.22. The molecule has 0 saturated carbocycles. The quantitative estimate of drug-likeness (QED) is 0.682. The summed E-state index contributed by atoms with van der Waals surface area (Å²) in [5, 5.41) is 3.87. The van der Waals surface area contributed by atoms with E-state index in [9.17, 15) is 4.79 Å². The van der Waals surface area contributed by atoms with Crippen molar-refractivity contribution in [3.05, 3.63) is 54.4 Å². The molecule has 2 heterocycles. The number of carbonyl (C=O) groups excluding carboxylic acids is 1.